The number of methoxy groups -OCH3 is 1. The van der Waals surface area contributed by atoms with Gasteiger partial charge >= 0.3 is 0 Å². The van der Waals surface area contributed by atoms with Crippen LogP contribution in [0.2, 0.25) is 0 Å². The third kappa shape index (κ3) is 2.17. The summed E-state index contributed by atoms with van der Waals surface area (Å²) in [5, 5.41) is 2.87. The molecular formula is C12H16N2O2. The molecular weight excluding hydrogens is 204 g/mol. The molecule has 1 aliphatic heterocycles. The van der Waals surface area contributed by atoms with Crippen LogP contribution in [0.5, 0.6) is 0 Å². The Kier molecular flexibility index (Phi) is 3.10. The van der Waals surface area contributed by atoms with Gasteiger partial charge in [-0.2, -0.15) is 0 Å². The van der Waals surface area contributed by atoms with E-state index in [9.17, 15) is 4.79 Å². The molecule has 1 aromatic rings. The zero-order valence-corrected chi connectivity index (χ0v) is 9.62. The zero-order valence-electron chi connectivity index (χ0n) is 9.62. The second-order valence-electron chi connectivity index (χ2n) is 4.01. The number of rotatable bonds is 3. The first-order valence-corrected chi connectivity index (χ1v) is 5.33. The van der Waals surface area contributed by atoms with Crippen molar-refractivity contribution in [3.8, 4) is 0 Å². The Morgan fingerprint density at radius 1 is 1.44 bits per heavy atom. The molecule has 0 fully saturated rings. The number of hydrogen-bond acceptors (Lipinski definition) is 3. The minimum absolute atomic E-state index is 0.102. The number of fused-ring (bicyclic) bond motifs is 1. The standard InChI is InChI=1S/C12H16N2O2/c1-14(8-16-2)10-4-5-11-9(7-10)3-6-12(15)13-11/h4-5,7H,3,6,8H2,1-2H3,(H,13,15). The highest BCUT2D eigenvalue weighted by Gasteiger charge is 2.15. The summed E-state index contributed by atoms with van der Waals surface area (Å²) in [5.41, 5.74) is 3.24. The highest BCUT2D eigenvalue weighted by Crippen LogP contribution is 2.26. The molecule has 0 unspecified atom stereocenters. The zero-order chi connectivity index (χ0) is 11.5. The van der Waals surface area contributed by atoms with E-state index in [1.807, 2.05) is 24.1 Å². The Bertz CT molecular complexity index is 404. The molecule has 0 saturated carbocycles. The van der Waals surface area contributed by atoms with Crippen molar-refractivity contribution in [2.24, 2.45) is 0 Å². The van der Waals surface area contributed by atoms with E-state index in [1.165, 1.54) is 5.56 Å². The van der Waals surface area contributed by atoms with Crippen LogP contribution in [-0.2, 0) is 16.0 Å². The van der Waals surface area contributed by atoms with Gasteiger partial charge in [-0.25, -0.2) is 0 Å². The van der Waals surface area contributed by atoms with Gasteiger partial charge in [0.15, 0.2) is 0 Å². The van der Waals surface area contributed by atoms with Crippen molar-refractivity contribution in [2.45, 2.75) is 12.8 Å². The summed E-state index contributed by atoms with van der Waals surface area (Å²) in [7, 11) is 3.65. The minimum Gasteiger partial charge on any atom is -0.364 e. The van der Waals surface area contributed by atoms with Crippen molar-refractivity contribution in [3.63, 3.8) is 0 Å². The molecule has 4 heteroatoms. The van der Waals surface area contributed by atoms with Gasteiger partial charge in [-0.1, -0.05) is 0 Å². The Hall–Kier alpha value is -1.55. The molecule has 1 aliphatic rings. The largest absolute Gasteiger partial charge is 0.364 e. The smallest absolute Gasteiger partial charge is 0.224 e. The molecule has 1 aromatic carbocycles. The normalized spacial score (nSPS) is 14.2. The molecule has 4 nitrogen and oxygen atoms in total. The Morgan fingerprint density at radius 2 is 2.25 bits per heavy atom. The predicted octanol–water partition coefficient (Wildman–Crippen LogP) is 1.61. The number of amides is 1. The van der Waals surface area contributed by atoms with Crippen LogP contribution in [0.1, 0.15) is 12.0 Å². The van der Waals surface area contributed by atoms with Crippen LogP contribution in [0, 0.1) is 0 Å². The molecule has 1 amide bonds. The molecule has 0 atom stereocenters. The van der Waals surface area contributed by atoms with Crippen molar-refractivity contribution in [3.05, 3.63) is 23.8 Å². The molecule has 0 aromatic heterocycles. The van der Waals surface area contributed by atoms with Gasteiger partial charge in [0.05, 0.1) is 0 Å². The van der Waals surface area contributed by atoms with Gasteiger partial charge in [0.1, 0.15) is 6.73 Å². The Labute approximate surface area is 95.2 Å². The lowest BCUT2D eigenvalue weighted by atomic mass is 10.0. The SMILES string of the molecule is COCN(C)c1ccc2c(c1)CCC(=O)N2. The number of nitrogens with zero attached hydrogens (tertiary/aromatic N) is 1. The first-order chi connectivity index (χ1) is 7.70. The molecule has 0 radical (unpaired) electrons. The van der Waals surface area contributed by atoms with Crippen LogP contribution < -0.4 is 10.2 Å². The van der Waals surface area contributed by atoms with E-state index in [-0.39, 0.29) is 5.91 Å². The van der Waals surface area contributed by atoms with Gasteiger partial charge in [0, 0.05) is 32.0 Å². The number of carbonyl (C=O) groups excluding carboxylic acids is 1. The summed E-state index contributed by atoms with van der Waals surface area (Å²) in [6.07, 6.45) is 1.39. The quantitative estimate of drug-likeness (QED) is 0.787. The predicted molar refractivity (Wildman–Crippen MR) is 63.7 cm³/mol. The third-order valence-electron chi connectivity index (χ3n) is 2.75. The van der Waals surface area contributed by atoms with E-state index < -0.39 is 0 Å². The van der Waals surface area contributed by atoms with E-state index >= 15 is 0 Å². The van der Waals surface area contributed by atoms with Crippen molar-refractivity contribution in [2.75, 3.05) is 31.1 Å². The van der Waals surface area contributed by atoms with Gasteiger partial charge in [0.2, 0.25) is 5.91 Å². The van der Waals surface area contributed by atoms with E-state index in [0.717, 1.165) is 17.8 Å². The molecule has 0 spiro atoms. The van der Waals surface area contributed by atoms with Gasteiger partial charge in [0.25, 0.3) is 0 Å². The topological polar surface area (TPSA) is 41.6 Å². The molecule has 0 saturated heterocycles. The second kappa shape index (κ2) is 4.53. The van der Waals surface area contributed by atoms with Crippen molar-refractivity contribution < 1.29 is 9.53 Å². The van der Waals surface area contributed by atoms with Crippen LogP contribution >= 0.6 is 0 Å². The first-order valence-electron chi connectivity index (χ1n) is 5.33. The van der Waals surface area contributed by atoms with Crippen LogP contribution in [0.3, 0.4) is 0 Å². The number of anilines is 2. The summed E-state index contributed by atoms with van der Waals surface area (Å²) in [4.78, 5) is 13.2. The lowest BCUT2D eigenvalue weighted by molar-refractivity contribution is -0.116. The average Bonchev–Trinajstić information content (AvgIpc) is 2.28. The average molecular weight is 220 g/mol. The molecule has 0 aliphatic carbocycles. The molecule has 1 N–H and O–H groups in total. The fraction of sp³-hybridized carbons (Fsp3) is 0.417. The summed E-state index contributed by atoms with van der Waals surface area (Å²) >= 11 is 0. The lowest BCUT2D eigenvalue weighted by Gasteiger charge is -2.22. The van der Waals surface area contributed by atoms with Crippen molar-refractivity contribution >= 4 is 17.3 Å². The molecule has 2 rings (SSSR count). The van der Waals surface area contributed by atoms with Crippen LogP contribution in [0.25, 0.3) is 0 Å². The second-order valence-corrected chi connectivity index (χ2v) is 4.01. The van der Waals surface area contributed by atoms with Gasteiger partial charge in [-0.05, 0) is 30.2 Å². The summed E-state index contributed by atoms with van der Waals surface area (Å²) in [5.74, 6) is 0.102. The summed E-state index contributed by atoms with van der Waals surface area (Å²) in [6.45, 7) is 0.561. The van der Waals surface area contributed by atoms with E-state index in [2.05, 4.69) is 11.4 Å². The number of aryl methyl sites for hydroxylation is 1. The maximum atomic E-state index is 11.2. The van der Waals surface area contributed by atoms with Gasteiger partial charge in [-0.15, -0.1) is 0 Å². The minimum atomic E-state index is 0.102. The van der Waals surface area contributed by atoms with E-state index in [4.69, 9.17) is 4.74 Å². The fourth-order valence-corrected chi connectivity index (χ4v) is 1.88. The number of ether oxygens (including phenoxy) is 1. The molecule has 0 bridgehead atoms. The molecule has 16 heavy (non-hydrogen) atoms. The Balaban J connectivity index is 2.22. The van der Waals surface area contributed by atoms with Crippen LogP contribution in [0.4, 0.5) is 11.4 Å². The van der Waals surface area contributed by atoms with Crippen molar-refractivity contribution in [1.82, 2.24) is 0 Å². The monoisotopic (exact) mass is 220 g/mol. The maximum absolute atomic E-state index is 11.2. The highest BCUT2D eigenvalue weighted by molar-refractivity contribution is 5.94. The number of hydrogen-bond donors (Lipinski definition) is 1. The highest BCUT2D eigenvalue weighted by atomic mass is 16.5. The van der Waals surface area contributed by atoms with Crippen LogP contribution in [-0.4, -0.2) is 26.8 Å². The maximum Gasteiger partial charge on any atom is 0.224 e. The summed E-state index contributed by atoms with van der Waals surface area (Å²) in [6, 6.07) is 6.05. The molecule has 1 heterocycles. The van der Waals surface area contributed by atoms with Gasteiger partial charge < -0.3 is 15.0 Å². The Morgan fingerprint density at radius 3 is 3.00 bits per heavy atom. The third-order valence-corrected chi connectivity index (χ3v) is 2.75. The van der Waals surface area contributed by atoms with E-state index in [1.54, 1.807) is 7.11 Å². The number of nitrogens with one attached hydrogen (secondary N) is 1. The number of carbonyl (C=O) groups is 1. The lowest BCUT2D eigenvalue weighted by Crippen LogP contribution is -2.22. The fourth-order valence-electron chi connectivity index (χ4n) is 1.88. The first kappa shape index (κ1) is 11.0. The van der Waals surface area contributed by atoms with Crippen molar-refractivity contribution in [1.29, 1.82) is 0 Å². The summed E-state index contributed by atoms with van der Waals surface area (Å²) < 4.78 is 5.08. The van der Waals surface area contributed by atoms with Crippen LogP contribution in [0.15, 0.2) is 18.2 Å². The van der Waals surface area contributed by atoms with Gasteiger partial charge in [-0.3, -0.25) is 4.79 Å². The number of benzene rings is 1. The molecule has 86 valence electrons. The van der Waals surface area contributed by atoms with E-state index in [0.29, 0.717) is 13.2 Å².